The zero-order valence-corrected chi connectivity index (χ0v) is 11.5. The Labute approximate surface area is 122 Å². The molecule has 0 atom stereocenters. The van der Waals surface area contributed by atoms with Gasteiger partial charge in [-0.1, -0.05) is 23.7 Å². The Morgan fingerprint density at radius 1 is 1.15 bits per heavy atom. The molecule has 0 aliphatic rings. The van der Waals surface area contributed by atoms with Gasteiger partial charge < -0.3 is 10.6 Å². The van der Waals surface area contributed by atoms with E-state index in [4.69, 9.17) is 16.9 Å². The monoisotopic (exact) mass is 285 g/mol. The molecule has 2 amide bonds. The Morgan fingerprint density at radius 2 is 1.85 bits per heavy atom. The van der Waals surface area contributed by atoms with Gasteiger partial charge in [-0.2, -0.15) is 5.26 Å². The van der Waals surface area contributed by atoms with Gasteiger partial charge in [-0.25, -0.2) is 4.79 Å². The zero-order chi connectivity index (χ0) is 14.5. The fourth-order valence-corrected chi connectivity index (χ4v) is 1.92. The highest BCUT2D eigenvalue weighted by Gasteiger charge is 2.05. The molecule has 0 aliphatic heterocycles. The van der Waals surface area contributed by atoms with E-state index in [1.165, 1.54) is 6.07 Å². The van der Waals surface area contributed by atoms with Gasteiger partial charge in [0, 0.05) is 11.4 Å². The minimum atomic E-state index is -0.364. The topological polar surface area (TPSA) is 64.9 Å². The third-order valence-electron chi connectivity index (χ3n) is 2.62. The molecule has 0 spiro atoms. The normalized spacial score (nSPS) is 9.65. The molecule has 2 aromatic rings. The van der Waals surface area contributed by atoms with E-state index in [1.54, 1.807) is 18.2 Å². The van der Waals surface area contributed by atoms with Gasteiger partial charge in [-0.05, 0) is 42.8 Å². The molecule has 0 saturated carbocycles. The smallest absolute Gasteiger partial charge is 0.308 e. The first kappa shape index (κ1) is 13.9. The molecular formula is C15H12ClN3O. The fraction of sp³-hybridized carbons (Fsp3) is 0.0667. The number of nitriles is 1. The Bertz CT molecular complexity index is 692. The molecule has 20 heavy (non-hydrogen) atoms. The van der Waals surface area contributed by atoms with Gasteiger partial charge in [0.25, 0.3) is 0 Å². The lowest BCUT2D eigenvalue weighted by atomic mass is 10.2. The number of urea groups is 1. The van der Waals surface area contributed by atoms with Crippen molar-refractivity contribution in [2.45, 2.75) is 6.92 Å². The first-order valence-corrected chi connectivity index (χ1v) is 6.30. The number of hydrogen-bond donors (Lipinski definition) is 2. The second-order valence-electron chi connectivity index (χ2n) is 4.26. The van der Waals surface area contributed by atoms with Gasteiger partial charge in [-0.3, -0.25) is 0 Å². The van der Waals surface area contributed by atoms with E-state index in [-0.39, 0.29) is 6.03 Å². The largest absolute Gasteiger partial charge is 0.323 e. The van der Waals surface area contributed by atoms with Crippen LogP contribution in [0.25, 0.3) is 0 Å². The van der Waals surface area contributed by atoms with E-state index in [0.717, 1.165) is 5.56 Å². The van der Waals surface area contributed by atoms with Gasteiger partial charge in [0.1, 0.15) is 6.07 Å². The second-order valence-corrected chi connectivity index (χ2v) is 4.66. The van der Waals surface area contributed by atoms with Gasteiger partial charge in [0.2, 0.25) is 0 Å². The summed E-state index contributed by atoms with van der Waals surface area (Å²) in [4.78, 5) is 11.8. The molecule has 2 rings (SSSR count). The van der Waals surface area contributed by atoms with Gasteiger partial charge >= 0.3 is 6.03 Å². The third-order valence-corrected chi connectivity index (χ3v) is 2.94. The lowest BCUT2D eigenvalue weighted by Gasteiger charge is -2.08. The molecule has 4 nitrogen and oxygen atoms in total. The van der Waals surface area contributed by atoms with Crippen LogP contribution in [0.3, 0.4) is 0 Å². The first-order valence-electron chi connectivity index (χ1n) is 5.93. The Kier molecular flexibility index (Phi) is 4.24. The van der Waals surface area contributed by atoms with Crippen LogP contribution >= 0.6 is 11.6 Å². The third kappa shape index (κ3) is 3.50. The van der Waals surface area contributed by atoms with Crippen LogP contribution in [0, 0.1) is 18.3 Å². The Hall–Kier alpha value is -2.51. The molecule has 0 aliphatic carbocycles. The average molecular weight is 286 g/mol. The molecule has 2 N–H and O–H groups in total. The van der Waals surface area contributed by atoms with Crippen LogP contribution in [0.15, 0.2) is 42.5 Å². The highest BCUT2D eigenvalue weighted by atomic mass is 35.5. The van der Waals surface area contributed by atoms with Crippen LogP contribution in [0.5, 0.6) is 0 Å². The highest BCUT2D eigenvalue weighted by molar-refractivity contribution is 6.32. The van der Waals surface area contributed by atoms with Crippen LogP contribution in [-0.4, -0.2) is 6.03 Å². The standard InChI is InChI=1S/C15H12ClN3O/c1-10-3-2-4-12(7-10)18-15(20)19-13-6-5-11(9-17)14(16)8-13/h2-8H,1H3,(H2,18,19,20). The number of anilines is 2. The summed E-state index contributed by atoms with van der Waals surface area (Å²) in [7, 11) is 0. The van der Waals surface area contributed by atoms with Gasteiger partial charge in [0.05, 0.1) is 10.6 Å². The summed E-state index contributed by atoms with van der Waals surface area (Å²) in [5.41, 5.74) is 2.67. The van der Waals surface area contributed by atoms with Crippen LogP contribution < -0.4 is 10.6 Å². The number of nitrogens with one attached hydrogen (secondary N) is 2. The minimum Gasteiger partial charge on any atom is -0.308 e. The summed E-state index contributed by atoms with van der Waals surface area (Å²) >= 11 is 5.90. The maximum absolute atomic E-state index is 11.8. The number of carbonyl (C=O) groups is 1. The zero-order valence-electron chi connectivity index (χ0n) is 10.8. The lowest BCUT2D eigenvalue weighted by Crippen LogP contribution is -2.19. The van der Waals surface area contributed by atoms with Gasteiger partial charge in [0.15, 0.2) is 0 Å². The number of carbonyl (C=O) groups excluding carboxylic acids is 1. The molecular weight excluding hydrogens is 274 g/mol. The molecule has 2 aromatic carbocycles. The molecule has 0 aromatic heterocycles. The molecule has 0 fully saturated rings. The van der Waals surface area contributed by atoms with Crippen molar-refractivity contribution >= 4 is 29.0 Å². The first-order chi connectivity index (χ1) is 9.58. The van der Waals surface area contributed by atoms with E-state index in [0.29, 0.717) is 22.0 Å². The van der Waals surface area contributed by atoms with Crippen LogP contribution in [-0.2, 0) is 0 Å². The van der Waals surface area contributed by atoms with E-state index in [1.807, 2.05) is 31.2 Å². The summed E-state index contributed by atoms with van der Waals surface area (Å²) in [5, 5.41) is 14.5. The number of halogens is 1. The number of aryl methyl sites for hydroxylation is 1. The van der Waals surface area contributed by atoms with Crippen molar-refractivity contribution in [1.29, 1.82) is 5.26 Å². The highest BCUT2D eigenvalue weighted by Crippen LogP contribution is 2.20. The van der Waals surface area contributed by atoms with Gasteiger partial charge in [-0.15, -0.1) is 0 Å². The van der Waals surface area contributed by atoms with Crippen LogP contribution in [0.4, 0.5) is 16.2 Å². The Morgan fingerprint density at radius 3 is 2.45 bits per heavy atom. The number of hydrogen-bond acceptors (Lipinski definition) is 2. The second kappa shape index (κ2) is 6.09. The van der Waals surface area contributed by atoms with Crippen LogP contribution in [0.1, 0.15) is 11.1 Å². The summed E-state index contributed by atoms with van der Waals surface area (Å²) in [6.45, 7) is 1.95. The quantitative estimate of drug-likeness (QED) is 0.870. The maximum atomic E-state index is 11.8. The van der Waals surface area contributed by atoms with Crippen molar-refractivity contribution in [3.05, 3.63) is 58.6 Å². The Balaban J connectivity index is 2.05. The fourth-order valence-electron chi connectivity index (χ4n) is 1.70. The van der Waals surface area contributed by atoms with Crippen molar-refractivity contribution in [2.24, 2.45) is 0 Å². The molecule has 100 valence electrons. The molecule has 0 heterocycles. The van der Waals surface area contributed by atoms with Crippen molar-refractivity contribution in [3.63, 3.8) is 0 Å². The molecule has 5 heteroatoms. The predicted octanol–water partition coefficient (Wildman–Crippen LogP) is 4.16. The minimum absolute atomic E-state index is 0.306. The van der Waals surface area contributed by atoms with Crippen molar-refractivity contribution < 1.29 is 4.79 Å². The number of rotatable bonds is 2. The summed E-state index contributed by atoms with van der Waals surface area (Å²) < 4.78 is 0. The van der Waals surface area contributed by atoms with E-state index >= 15 is 0 Å². The summed E-state index contributed by atoms with van der Waals surface area (Å²) in [5.74, 6) is 0. The lowest BCUT2D eigenvalue weighted by molar-refractivity contribution is 0.262. The maximum Gasteiger partial charge on any atom is 0.323 e. The number of amides is 2. The number of benzene rings is 2. The molecule has 0 unspecified atom stereocenters. The molecule has 0 bridgehead atoms. The average Bonchev–Trinajstić information content (AvgIpc) is 2.38. The van der Waals surface area contributed by atoms with Crippen molar-refractivity contribution in [3.8, 4) is 6.07 Å². The summed E-state index contributed by atoms with van der Waals surface area (Å²) in [6.07, 6.45) is 0. The SMILES string of the molecule is Cc1cccc(NC(=O)Nc2ccc(C#N)c(Cl)c2)c1. The van der Waals surface area contributed by atoms with Crippen LogP contribution in [0.2, 0.25) is 5.02 Å². The van der Waals surface area contributed by atoms with E-state index in [2.05, 4.69) is 10.6 Å². The summed E-state index contributed by atoms with van der Waals surface area (Å²) in [6, 6.07) is 13.8. The van der Waals surface area contributed by atoms with Crippen molar-refractivity contribution in [1.82, 2.24) is 0 Å². The predicted molar refractivity (Wildman–Crippen MR) is 80.0 cm³/mol. The molecule has 0 radical (unpaired) electrons. The van der Waals surface area contributed by atoms with E-state index in [9.17, 15) is 4.79 Å². The number of nitrogens with zero attached hydrogens (tertiary/aromatic N) is 1. The van der Waals surface area contributed by atoms with E-state index < -0.39 is 0 Å². The molecule has 0 saturated heterocycles. The van der Waals surface area contributed by atoms with Crippen molar-refractivity contribution in [2.75, 3.05) is 10.6 Å².